The molecule has 6 heteroatoms. The molecule has 3 aliphatic heterocycles. The Morgan fingerprint density at radius 2 is 1.70 bits per heavy atom. The second-order valence-corrected chi connectivity index (χ2v) is 7.75. The van der Waals surface area contributed by atoms with Crippen molar-refractivity contribution >= 4 is 29.1 Å². The van der Waals surface area contributed by atoms with Crippen LogP contribution < -0.4 is 15.5 Å². The number of carbonyl (C=O) groups excluding carboxylic acids is 3. The molecule has 0 aromatic heterocycles. The van der Waals surface area contributed by atoms with Crippen molar-refractivity contribution in [3.05, 3.63) is 59.7 Å². The molecule has 0 aliphatic carbocycles. The molecular formula is C21H20N3O3+. The summed E-state index contributed by atoms with van der Waals surface area (Å²) in [6, 6.07) is 14.6. The number of quaternary nitrogens is 1. The Morgan fingerprint density at radius 1 is 1.00 bits per heavy atom. The number of benzene rings is 2. The summed E-state index contributed by atoms with van der Waals surface area (Å²) in [5.74, 6) is -1.94. The predicted octanol–water partition coefficient (Wildman–Crippen LogP) is 0.914. The van der Waals surface area contributed by atoms with Gasteiger partial charge in [-0.3, -0.25) is 14.4 Å². The number of hydrogen-bond acceptors (Lipinski definition) is 3. The van der Waals surface area contributed by atoms with Crippen molar-refractivity contribution in [1.82, 2.24) is 0 Å². The Bertz CT molecular complexity index is 1000. The van der Waals surface area contributed by atoms with Crippen molar-refractivity contribution < 1.29 is 19.7 Å². The van der Waals surface area contributed by atoms with Crippen LogP contribution in [0.3, 0.4) is 0 Å². The molecule has 2 aromatic carbocycles. The first kappa shape index (κ1) is 16.2. The molecule has 1 spiro atoms. The van der Waals surface area contributed by atoms with E-state index >= 15 is 0 Å². The minimum atomic E-state index is -1.08. The third-order valence-corrected chi connectivity index (χ3v) is 6.22. The normalized spacial score (nSPS) is 31.4. The lowest BCUT2D eigenvalue weighted by atomic mass is 9.76. The molecule has 3 amide bonds. The minimum absolute atomic E-state index is 0.168. The molecule has 4 atom stereocenters. The quantitative estimate of drug-likeness (QED) is 0.740. The van der Waals surface area contributed by atoms with Crippen molar-refractivity contribution in [2.45, 2.75) is 25.4 Å². The van der Waals surface area contributed by atoms with Crippen LogP contribution in [0.5, 0.6) is 0 Å². The van der Waals surface area contributed by atoms with Gasteiger partial charge in [-0.15, -0.1) is 0 Å². The summed E-state index contributed by atoms with van der Waals surface area (Å²) in [7, 11) is 0. The SMILES string of the molecule is Cc1ccc(N2C(=O)[C@@H]3[C@H](C)[NH2+][C@@]4(C(=O)Nc5ccccc54)[C@H]3C2=O)cc1. The monoisotopic (exact) mass is 362 g/mol. The van der Waals surface area contributed by atoms with Crippen LogP contribution in [0.15, 0.2) is 48.5 Å². The summed E-state index contributed by atoms with van der Waals surface area (Å²) in [6.07, 6.45) is 0. The number of nitrogens with two attached hydrogens (primary N) is 1. The Labute approximate surface area is 156 Å². The lowest BCUT2D eigenvalue weighted by Crippen LogP contribution is -2.98. The van der Waals surface area contributed by atoms with Crippen molar-refractivity contribution in [3.63, 3.8) is 0 Å². The van der Waals surface area contributed by atoms with Crippen molar-refractivity contribution in [1.29, 1.82) is 0 Å². The molecule has 5 rings (SSSR count). The average Bonchev–Trinajstić information content (AvgIpc) is 3.21. The van der Waals surface area contributed by atoms with E-state index in [0.29, 0.717) is 5.69 Å². The maximum atomic E-state index is 13.4. The smallest absolute Gasteiger partial charge is 0.291 e. The molecule has 3 aliphatic rings. The van der Waals surface area contributed by atoms with E-state index in [2.05, 4.69) is 5.32 Å². The van der Waals surface area contributed by atoms with Gasteiger partial charge in [0.2, 0.25) is 17.4 Å². The van der Waals surface area contributed by atoms with Gasteiger partial charge in [-0.2, -0.15) is 0 Å². The maximum Gasteiger partial charge on any atom is 0.291 e. The number of rotatable bonds is 1. The van der Waals surface area contributed by atoms with E-state index in [1.165, 1.54) is 4.90 Å². The second kappa shape index (κ2) is 5.27. The zero-order valence-electron chi connectivity index (χ0n) is 15.1. The molecule has 2 fully saturated rings. The summed E-state index contributed by atoms with van der Waals surface area (Å²) in [4.78, 5) is 41.0. The highest BCUT2D eigenvalue weighted by Gasteiger charge is 2.73. The number of amides is 3. The zero-order chi connectivity index (χ0) is 18.9. The number of fused-ring (bicyclic) bond motifs is 4. The summed E-state index contributed by atoms with van der Waals surface area (Å²) >= 11 is 0. The van der Waals surface area contributed by atoms with Crippen molar-refractivity contribution in [3.8, 4) is 0 Å². The van der Waals surface area contributed by atoms with E-state index in [4.69, 9.17) is 0 Å². The summed E-state index contributed by atoms with van der Waals surface area (Å²) < 4.78 is 0. The number of carbonyl (C=O) groups is 3. The minimum Gasteiger partial charge on any atom is -0.326 e. The van der Waals surface area contributed by atoms with Crippen LogP contribution in [-0.4, -0.2) is 23.8 Å². The number of hydrogen-bond donors (Lipinski definition) is 2. The van der Waals surface area contributed by atoms with Crippen LogP contribution in [0.4, 0.5) is 11.4 Å². The number of anilines is 2. The average molecular weight is 362 g/mol. The van der Waals surface area contributed by atoms with Crippen LogP contribution in [0.2, 0.25) is 0 Å². The highest BCUT2D eigenvalue weighted by Crippen LogP contribution is 2.49. The fourth-order valence-corrected chi connectivity index (χ4v) is 5.04. The Morgan fingerprint density at radius 3 is 2.44 bits per heavy atom. The first-order valence-corrected chi connectivity index (χ1v) is 9.16. The van der Waals surface area contributed by atoms with Gasteiger partial charge in [0.05, 0.1) is 17.4 Å². The molecule has 136 valence electrons. The topological polar surface area (TPSA) is 83.1 Å². The van der Waals surface area contributed by atoms with E-state index < -0.39 is 17.4 Å². The van der Waals surface area contributed by atoms with Gasteiger partial charge in [-0.25, -0.2) is 4.90 Å². The standard InChI is InChI=1S/C21H19N3O3/c1-11-7-9-13(10-8-11)24-18(25)16-12(2)23-21(17(16)19(24)26)14-5-3-4-6-15(14)22-20(21)27/h3-10,12,16-17,23H,1-2H3,(H,22,27)/p+1/t12-,16+,17+,21+/m0/s1. The van der Waals surface area contributed by atoms with Crippen LogP contribution in [0.25, 0.3) is 0 Å². The number of imide groups is 1. The first-order valence-electron chi connectivity index (χ1n) is 9.16. The molecular weight excluding hydrogens is 342 g/mol. The molecule has 2 aromatic rings. The lowest BCUT2D eigenvalue weighted by Gasteiger charge is -2.25. The molecule has 3 N–H and O–H groups in total. The highest BCUT2D eigenvalue weighted by molar-refractivity contribution is 6.25. The molecule has 0 saturated carbocycles. The van der Waals surface area contributed by atoms with E-state index in [1.807, 2.05) is 55.6 Å². The second-order valence-electron chi connectivity index (χ2n) is 7.75. The van der Waals surface area contributed by atoms with Crippen LogP contribution >= 0.6 is 0 Å². The number of aryl methyl sites for hydroxylation is 1. The number of nitrogens with one attached hydrogen (secondary N) is 1. The van der Waals surface area contributed by atoms with Gasteiger partial charge in [0.1, 0.15) is 11.8 Å². The molecule has 6 nitrogen and oxygen atoms in total. The summed E-state index contributed by atoms with van der Waals surface area (Å²) in [6.45, 7) is 3.88. The van der Waals surface area contributed by atoms with Gasteiger partial charge in [-0.05, 0) is 32.0 Å². The molecule has 0 bridgehead atoms. The molecule has 0 radical (unpaired) electrons. The fourth-order valence-electron chi connectivity index (χ4n) is 5.04. The van der Waals surface area contributed by atoms with Crippen molar-refractivity contribution in [2.24, 2.45) is 11.8 Å². The van der Waals surface area contributed by atoms with Crippen LogP contribution in [-0.2, 0) is 19.9 Å². The largest absolute Gasteiger partial charge is 0.326 e. The number of para-hydroxylation sites is 1. The van der Waals surface area contributed by atoms with E-state index in [1.54, 1.807) is 12.1 Å². The summed E-state index contributed by atoms with van der Waals surface area (Å²) in [5, 5.41) is 4.82. The Kier molecular flexibility index (Phi) is 3.16. The Balaban J connectivity index is 1.66. The van der Waals surface area contributed by atoms with E-state index in [-0.39, 0.29) is 23.8 Å². The van der Waals surface area contributed by atoms with Gasteiger partial charge in [0.15, 0.2) is 0 Å². The van der Waals surface area contributed by atoms with E-state index in [9.17, 15) is 14.4 Å². The van der Waals surface area contributed by atoms with Crippen molar-refractivity contribution in [2.75, 3.05) is 10.2 Å². The Hall–Kier alpha value is -2.99. The number of nitrogens with zero attached hydrogens (tertiary/aromatic N) is 1. The molecule has 2 saturated heterocycles. The maximum absolute atomic E-state index is 13.4. The highest BCUT2D eigenvalue weighted by atomic mass is 16.2. The third-order valence-electron chi connectivity index (χ3n) is 6.22. The van der Waals surface area contributed by atoms with Gasteiger partial charge >= 0.3 is 0 Å². The third kappa shape index (κ3) is 1.91. The summed E-state index contributed by atoms with van der Waals surface area (Å²) in [5.41, 5.74) is 2.06. The van der Waals surface area contributed by atoms with Gasteiger partial charge < -0.3 is 10.6 Å². The van der Waals surface area contributed by atoms with Crippen LogP contribution in [0.1, 0.15) is 18.1 Å². The van der Waals surface area contributed by atoms with Gasteiger partial charge in [-0.1, -0.05) is 35.9 Å². The zero-order valence-corrected chi connectivity index (χ0v) is 15.1. The van der Waals surface area contributed by atoms with Gasteiger partial charge in [0.25, 0.3) is 5.91 Å². The predicted molar refractivity (Wildman–Crippen MR) is 98.8 cm³/mol. The molecule has 27 heavy (non-hydrogen) atoms. The lowest BCUT2D eigenvalue weighted by molar-refractivity contribution is -0.730. The van der Waals surface area contributed by atoms with E-state index in [0.717, 1.165) is 16.8 Å². The molecule has 3 heterocycles. The fraction of sp³-hybridized carbons (Fsp3) is 0.286. The molecule has 0 unspecified atom stereocenters. The van der Waals surface area contributed by atoms with Crippen LogP contribution in [0, 0.1) is 18.8 Å². The first-order chi connectivity index (χ1) is 12.9. The van der Waals surface area contributed by atoms with Gasteiger partial charge in [0, 0.05) is 5.56 Å².